The number of aromatic carboxylic acids is 1. The second kappa shape index (κ2) is 6.97. The number of anilines is 1. The molecule has 4 N–H and O–H groups in total. The van der Waals surface area contributed by atoms with Gasteiger partial charge in [-0.05, 0) is 31.0 Å². The van der Waals surface area contributed by atoms with Gasteiger partial charge in [0.15, 0.2) is 6.61 Å². The summed E-state index contributed by atoms with van der Waals surface area (Å²) in [5.41, 5.74) is 5.69. The fraction of sp³-hybridized carbons (Fsp3) is 0.467. The number of hydrogen-bond donors (Lipinski definition) is 3. The van der Waals surface area contributed by atoms with Crippen molar-refractivity contribution >= 4 is 17.6 Å². The van der Waals surface area contributed by atoms with E-state index in [-0.39, 0.29) is 29.8 Å². The summed E-state index contributed by atoms with van der Waals surface area (Å²) in [6, 6.07) is 4.56. The number of carboxylic acids is 1. The SMILES string of the molecule is Nc1ccc(OCC(=O)NC2CCCCC2)cc1C(=O)O. The molecule has 0 unspecified atom stereocenters. The van der Waals surface area contributed by atoms with Gasteiger partial charge in [-0.25, -0.2) is 4.79 Å². The molecule has 114 valence electrons. The number of benzene rings is 1. The molecule has 1 amide bonds. The lowest BCUT2D eigenvalue weighted by Crippen LogP contribution is -2.38. The first kappa shape index (κ1) is 15.2. The van der Waals surface area contributed by atoms with Crippen molar-refractivity contribution in [2.45, 2.75) is 38.1 Å². The molecule has 2 rings (SSSR count). The van der Waals surface area contributed by atoms with Crippen molar-refractivity contribution < 1.29 is 19.4 Å². The van der Waals surface area contributed by atoms with Gasteiger partial charge in [-0.1, -0.05) is 19.3 Å². The molecule has 0 aliphatic heterocycles. The Morgan fingerprint density at radius 2 is 2.00 bits per heavy atom. The van der Waals surface area contributed by atoms with Gasteiger partial charge in [-0.3, -0.25) is 4.79 Å². The van der Waals surface area contributed by atoms with E-state index in [2.05, 4.69) is 5.32 Å². The van der Waals surface area contributed by atoms with Crippen LogP contribution in [0.1, 0.15) is 42.5 Å². The molecule has 0 spiro atoms. The Kier molecular flexibility index (Phi) is 5.03. The summed E-state index contributed by atoms with van der Waals surface area (Å²) in [5.74, 6) is -0.986. The second-order valence-corrected chi connectivity index (χ2v) is 5.25. The molecule has 0 radical (unpaired) electrons. The number of carbonyl (C=O) groups excluding carboxylic acids is 1. The number of ether oxygens (including phenoxy) is 1. The molecule has 6 heteroatoms. The van der Waals surface area contributed by atoms with Gasteiger partial charge in [-0.15, -0.1) is 0 Å². The van der Waals surface area contributed by atoms with E-state index in [0.29, 0.717) is 5.75 Å². The van der Waals surface area contributed by atoms with Gasteiger partial charge in [-0.2, -0.15) is 0 Å². The first-order chi connectivity index (χ1) is 10.1. The minimum atomic E-state index is -1.12. The van der Waals surface area contributed by atoms with E-state index in [1.807, 2.05) is 0 Å². The minimum absolute atomic E-state index is 0.0276. The van der Waals surface area contributed by atoms with Crippen LogP contribution in [0, 0.1) is 0 Å². The van der Waals surface area contributed by atoms with Crippen LogP contribution in [0.3, 0.4) is 0 Å². The van der Waals surface area contributed by atoms with Crippen LogP contribution in [-0.4, -0.2) is 29.6 Å². The van der Waals surface area contributed by atoms with E-state index in [1.54, 1.807) is 6.07 Å². The van der Waals surface area contributed by atoms with Crippen LogP contribution in [0.25, 0.3) is 0 Å². The predicted molar refractivity (Wildman–Crippen MR) is 78.3 cm³/mol. The molecule has 0 saturated heterocycles. The third-order valence-corrected chi connectivity index (χ3v) is 3.60. The standard InChI is InChI=1S/C15H20N2O4/c16-13-7-6-11(8-12(13)15(19)20)21-9-14(18)17-10-4-2-1-3-5-10/h6-8,10H,1-5,9,16H2,(H,17,18)(H,19,20). The second-order valence-electron chi connectivity index (χ2n) is 5.25. The summed E-state index contributed by atoms with van der Waals surface area (Å²) < 4.78 is 5.32. The number of carboxylic acid groups (broad SMARTS) is 1. The number of rotatable bonds is 5. The summed E-state index contributed by atoms with van der Waals surface area (Å²) in [4.78, 5) is 22.8. The van der Waals surface area contributed by atoms with E-state index in [0.717, 1.165) is 25.7 Å². The fourth-order valence-corrected chi connectivity index (χ4v) is 2.48. The van der Waals surface area contributed by atoms with Crippen molar-refractivity contribution in [2.24, 2.45) is 0 Å². The van der Waals surface area contributed by atoms with Crippen LogP contribution in [0.15, 0.2) is 18.2 Å². The highest BCUT2D eigenvalue weighted by Gasteiger charge is 2.16. The zero-order valence-electron chi connectivity index (χ0n) is 11.8. The van der Waals surface area contributed by atoms with Gasteiger partial charge >= 0.3 is 5.97 Å². The largest absolute Gasteiger partial charge is 0.484 e. The van der Waals surface area contributed by atoms with E-state index in [4.69, 9.17) is 15.6 Å². The topological polar surface area (TPSA) is 102 Å². The van der Waals surface area contributed by atoms with Crippen molar-refractivity contribution in [3.8, 4) is 5.75 Å². The fourth-order valence-electron chi connectivity index (χ4n) is 2.48. The maximum atomic E-state index is 11.8. The summed E-state index contributed by atoms with van der Waals surface area (Å²) >= 11 is 0. The average molecular weight is 292 g/mol. The highest BCUT2D eigenvalue weighted by Crippen LogP contribution is 2.20. The molecular weight excluding hydrogens is 272 g/mol. The first-order valence-corrected chi connectivity index (χ1v) is 7.11. The Balaban J connectivity index is 1.86. The molecule has 1 aromatic rings. The molecule has 6 nitrogen and oxygen atoms in total. The summed E-state index contributed by atoms with van der Waals surface area (Å²) in [6.07, 6.45) is 5.54. The molecule has 21 heavy (non-hydrogen) atoms. The summed E-state index contributed by atoms with van der Waals surface area (Å²) in [5, 5.41) is 11.9. The van der Waals surface area contributed by atoms with Crippen molar-refractivity contribution in [2.75, 3.05) is 12.3 Å². The number of carbonyl (C=O) groups is 2. The minimum Gasteiger partial charge on any atom is -0.484 e. The predicted octanol–water partition coefficient (Wildman–Crippen LogP) is 1.79. The van der Waals surface area contributed by atoms with Crippen LogP contribution < -0.4 is 15.8 Å². The molecule has 0 aromatic heterocycles. The van der Waals surface area contributed by atoms with Gasteiger partial charge in [0.2, 0.25) is 0 Å². The lowest BCUT2D eigenvalue weighted by Gasteiger charge is -2.22. The van der Waals surface area contributed by atoms with Crippen LogP contribution in [-0.2, 0) is 4.79 Å². The number of nitrogen functional groups attached to an aromatic ring is 1. The maximum absolute atomic E-state index is 11.8. The third-order valence-electron chi connectivity index (χ3n) is 3.60. The van der Waals surface area contributed by atoms with Crippen LogP contribution in [0.2, 0.25) is 0 Å². The third kappa shape index (κ3) is 4.37. The van der Waals surface area contributed by atoms with E-state index < -0.39 is 5.97 Å². The number of hydrogen-bond acceptors (Lipinski definition) is 4. The molecule has 0 bridgehead atoms. The Morgan fingerprint density at radius 1 is 1.29 bits per heavy atom. The van der Waals surface area contributed by atoms with Gasteiger partial charge in [0.05, 0.1) is 5.56 Å². The quantitative estimate of drug-likeness (QED) is 0.718. The Hall–Kier alpha value is -2.24. The zero-order valence-corrected chi connectivity index (χ0v) is 11.8. The van der Waals surface area contributed by atoms with Crippen molar-refractivity contribution in [3.05, 3.63) is 23.8 Å². The Morgan fingerprint density at radius 3 is 2.67 bits per heavy atom. The molecular formula is C15H20N2O4. The molecule has 0 heterocycles. The molecule has 1 aromatic carbocycles. The van der Waals surface area contributed by atoms with Gasteiger partial charge < -0.3 is 20.9 Å². The highest BCUT2D eigenvalue weighted by molar-refractivity contribution is 5.94. The number of nitrogens with two attached hydrogens (primary N) is 1. The van der Waals surface area contributed by atoms with Crippen LogP contribution in [0.5, 0.6) is 5.75 Å². The smallest absolute Gasteiger partial charge is 0.337 e. The highest BCUT2D eigenvalue weighted by atomic mass is 16.5. The maximum Gasteiger partial charge on any atom is 0.337 e. The average Bonchev–Trinajstić information content (AvgIpc) is 2.47. The Labute approximate surface area is 123 Å². The van der Waals surface area contributed by atoms with E-state index in [9.17, 15) is 9.59 Å². The summed E-state index contributed by atoms with van der Waals surface area (Å²) in [6.45, 7) is -0.126. The number of nitrogens with one attached hydrogen (secondary N) is 1. The monoisotopic (exact) mass is 292 g/mol. The van der Waals surface area contributed by atoms with Gasteiger partial charge in [0.1, 0.15) is 5.75 Å². The van der Waals surface area contributed by atoms with Crippen LogP contribution >= 0.6 is 0 Å². The van der Waals surface area contributed by atoms with Crippen LogP contribution in [0.4, 0.5) is 5.69 Å². The van der Waals surface area contributed by atoms with Crippen molar-refractivity contribution in [1.82, 2.24) is 5.32 Å². The molecule has 1 fully saturated rings. The number of amides is 1. The normalized spacial score (nSPS) is 15.4. The summed E-state index contributed by atoms with van der Waals surface area (Å²) in [7, 11) is 0. The lowest BCUT2D eigenvalue weighted by atomic mass is 9.95. The molecule has 0 atom stereocenters. The van der Waals surface area contributed by atoms with E-state index >= 15 is 0 Å². The van der Waals surface area contributed by atoms with Gasteiger partial charge in [0, 0.05) is 11.7 Å². The molecule has 1 saturated carbocycles. The van der Waals surface area contributed by atoms with Crippen molar-refractivity contribution in [3.63, 3.8) is 0 Å². The molecule has 1 aliphatic carbocycles. The zero-order chi connectivity index (χ0) is 15.2. The first-order valence-electron chi connectivity index (χ1n) is 7.11. The van der Waals surface area contributed by atoms with E-state index in [1.165, 1.54) is 18.6 Å². The van der Waals surface area contributed by atoms with Gasteiger partial charge in [0.25, 0.3) is 5.91 Å². The Bertz CT molecular complexity index is 524. The van der Waals surface area contributed by atoms with Crippen molar-refractivity contribution in [1.29, 1.82) is 0 Å². The lowest BCUT2D eigenvalue weighted by molar-refractivity contribution is -0.124. The molecule has 1 aliphatic rings.